The minimum Gasteiger partial charge on any atom is -0.341 e. The van der Waals surface area contributed by atoms with Crippen LogP contribution >= 0.6 is 0 Å². The first kappa shape index (κ1) is 17.6. The van der Waals surface area contributed by atoms with E-state index in [9.17, 15) is 4.79 Å². The molecule has 0 N–H and O–H groups in total. The molecule has 0 aliphatic carbocycles. The van der Waals surface area contributed by atoms with E-state index in [0.717, 1.165) is 18.4 Å². The molecule has 0 saturated carbocycles. The summed E-state index contributed by atoms with van der Waals surface area (Å²) in [5, 5.41) is 4.08. The maximum atomic E-state index is 12.2. The fraction of sp³-hybridized carbons (Fsp3) is 0.550. The fourth-order valence-corrected chi connectivity index (χ4v) is 2.99. The molecule has 25 heavy (non-hydrogen) atoms. The maximum absolute atomic E-state index is 12.2. The summed E-state index contributed by atoms with van der Waals surface area (Å²) in [6.45, 7) is 10.0. The van der Waals surface area contributed by atoms with Gasteiger partial charge in [-0.05, 0) is 25.2 Å². The van der Waals surface area contributed by atoms with Crippen molar-refractivity contribution in [3.05, 3.63) is 35.7 Å². The van der Waals surface area contributed by atoms with E-state index in [2.05, 4.69) is 30.9 Å². The Morgan fingerprint density at radius 3 is 2.56 bits per heavy atom. The van der Waals surface area contributed by atoms with Crippen LogP contribution in [0.4, 0.5) is 0 Å². The lowest BCUT2D eigenvalue weighted by atomic mass is 9.89. The Hall–Kier alpha value is -2.17. The molecule has 1 fully saturated rings. The van der Waals surface area contributed by atoms with E-state index in [-0.39, 0.29) is 17.2 Å². The van der Waals surface area contributed by atoms with Crippen LogP contribution in [-0.2, 0) is 4.79 Å². The highest BCUT2D eigenvalue weighted by atomic mass is 16.5. The molecule has 2 heterocycles. The lowest BCUT2D eigenvalue weighted by Crippen LogP contribution is -2.48. The molecular weight excluding hydrogens is 314 g/mol. The lowest BCUT2D eigenvalue weighted by molar-refractivity contribution is -0.136. The van der Waals surface area contributed by atoms with Crippen LogP contribution in [-0.4, -0.2) is 34.0 Å². The molecule has 0 unspecified atom stereocenters. The molecule has 1 aliphatic heterocycles. The summed E-state index contributed by atoms with van der Waals surface area (Å²) in [6, 6.07) is 8.06. The Balaban J connectivity index is 1.50. The normalized spacial score (nSPS) is 15.3. The molecule has 0 atom stereocenters. The van der Waals surface area contributed by atoms with Crippen LogP contribution < -0.4 is 0 Å². The second-order valence-electron chi connectivity index (χ2n) is 8.23. The number of aryl methyl sites for hydroxylation is 1. The molecule has 1 aliphatic rings. The minimum absolute atomic E-state index is 0.165. The van der Waals surface area contributed by atoms with Crippen molar-refractivity contribution in [2.24, 2.45) is 5.41 Å². The molecule has 5 nitrogen and oxygen atoms in total. The minimum atomic E-state index is 0.165. The quantitative estimate of drug-likeness (QED) is 0.818. The van der Waals surface area contributed by atoms with Crippen LogP contribution in [0.2, 0.25) is 0 Å². The van der Waals surface area contributed by atoms with E-state index in [1.807, 2.05) is 36.1 Å². The van der Waals surface area contributed by atoms with Crippen LogP contribution in [0.3, 0.4) is 0 Å². The number of amides is 1. The first-order valence-corrected chi connectivity index (χ1v) is 9.00. The monoisotopic (exact) mass is 341 g/mol. The van der Waals surface area contributed by atoms with Crippen molar-refractivity contribution in [1.29, 1.82) is 0 Å². The van der Waals surface area contributed by atoms with Gasteiger partial charge >= 0.3 is 0 Å². The van der Waals surface area contributed by atoms with Gasteiger partial charge in [0.15, 0.2) is 0 Å². The van der Waals surface area contributed by atoms with Gasteiger partial charge in [-0.1, -0.05) is 55.8 Å². The second kappa shape index (κ2) is 6.98. The summed E-state index contributed by atoms with van der Waals surface area (Å²) in [4.78, 5) is 18.6. The number of rotatable bonds is 5. The Morgan fingerprint density at radius 2 is 1.92 bits per heavy atom. The fourth-order valence-electron chi connectivity index (χ4n) is 2.99. The topological polar surface area (TPSA) is 59.2 Å². The van der Waals surface area contributed by atoms with Gasteiger partial charge in [-0.2, -0.15) is 4.98 Å². The molecule has 3 rings (SSSR count). The third-order valence-corrected chi connectivity index (χ3v) is 4.65. The van der Waals surface area contributed by atoms with E-state index >= 15 is 0 Å². The molecule has 0 bridgehead atoms. The number of benzene rings is 1. The Bertz CT molecular complexity index is 722. The van der Waals surface area contributed by atoms with E-state index in [1.165, 1.54) is 5.56 Å². The first-order chi connectivity index (χ1) is 11.8. The summed E-state index contributed by atoms with van der Waals surface area (Å²) >= 11 is 0. The predicted molar refractivity (Wildman–Crippen MR) is 97.1 cm³/mol. The van der Waals surface area contributed by atoms with Crippen LogP contribution in [0.5, 0.6) is 0 Å². The van der Waals surface area contributed by atoms with E-state index < -0.39 is 0 Å². The third-order valence-electron chi connectivity index (χ3n) is 4.65. The zero-order chi connectivity index (χ0) is 18.0. The Morgan fingerprint density at radius 1 is 1.24 bits per heavy atom. The maximum Gasteiger partial charge on any atom is 0.233 e. The van der Waals surface area contributed by atoms with Crippen LogP contribution in [0.1, 0.15) is 57.4 Å². The SMILES string of the molecule is Cc1ccc(-c2noc(C3CN(C(=O)CCCC(C)(C)C)C3)n2)cc1. The number of hydrogen-bond donors (Lipinski definition) is 0. The largest absolute Gasteiger partial charge is 0.341 e. The summed E-state index contributed by atoms with van der Waals surface area (Å²) < 4.78 is 5.41. The summed E-state index contributed by atoms with van der Waals surface area (Å²) in [6.07, 6.45) is 2.64. The van der Waals surface area contributed by atoms with Gasteiger partial charge in [-0.15, -0.1) is 0 Å². The van der Waals surface area contributed by atoms with Gasteiger partial charge in [0.05, 0.1) is 5.92 Å². The average Bonchev–Trinajstić information content (AvgIpc) is 2.94. The van der Waals surface area contributed by atoms with Gasteiger partial charge in [-0.3, -0.25) is 4.79 Å². The Labute approximate surface area is 149 Å². The number of carbonyl (C=O) groups excluding carboxylic acids is 1. The standard InChI is InChI=1S/C20H27N3O2/c1-14-7-9-15(10-8-14)18-21-19(25-22-18)16-12-23(13-16)17(24)6-5-11-20(2,3)4/h7-10,16H,5-6,11-13H2,1-4H3. The second-order valence-corrected chi connectivity index (χ2v) is 8.23. The molecule has 1 aromatic carbocycles. The zero-order valence-corrected chi connectivity index (χ0v) is 15.6. The Kier molecular flexibility index (Phi) is 4.93. The van der Waals surface area contributed by atoms with Crippen molar-refractivity contribution >= 4 is 5.91 Å². The summed E-state index contributed by atoms with van der Waals surface area (Å²) in [5.74, 6) is 1.65. The molecule has 5 heteroatoms. The van der Waals surface area contributed by atoms with Gasteiger partial charge in [0, 0.05) is 25.1 Å². The van der Waals surface area contributed by atoms with Crippen molar-refractivity contribution in [2.75, 3.05) is 13.1 Å². The van der Waals surface area contributed by atoms with Crippen molar-refractivity contribution < 1.29 is 9.32 Å². The molecule has 1 aromatic heterocycles. The first-order valence-electron chi connectivity index (χ1n) is 9.00. The number of likely N-dealkylation sites (tertiary alicyclic amines) is 1. The van der Waals surface area contributed by atoms with Gasteiger partial charge in [0.1, 0.15) is 0 Å². The van der Waals surface area contributed by atoms with Crippen LogP contribution in [0.15, 0.2) is 28.8 Å². The molecule has 1 amide bonds. The van der Waals surface area contributed by atoms with E-state index in [0.29, 0.717) is 31.2 Å². The van der Waals surface area contributed by atoms with Crippen molar-refractivity contribution in [2.45, 2.75) is 52.9 Å². The van der Waals surface area contributed by atoms with Crippen LogP contribution in [0.25, 0.3) is 11.4 Å². The third kappa shape index (κ3) is 4.47. The zero-order valence-electron chi connectivity index (χ0n) is 15.6. The molecule has 1 saturated heterocycles. The lowest BCUT2D eigenvalue weighted by Gasteiger charge is -2.37. The van der Waals surface area contributed by atoms with E-state index in [1.54, 1.807) is 0 Å². The van der Waals surface area contributed by atoms with Crippen molar-refractivity contribution in [3.8, 4) is 11.4 Å². The highest BCUT2D eigenvalue weighted by Gasteiger charge is 2.35. The molecule has 0 spiro atoms. The number of aromatic nitrogens is 2. The van der Waals surface area contributed by atoms with E-state index in [4.69, 9.17) is 4.52 Å². The van der Waals surface area contributed by atoms with Gasteiger partial charge in [0.25, 0.3) is 0 Å². The number of nitrogens with zero attached hydrogens (tertiary/aromatic N) is 3. The predicted octanol–water partition coefficient (Wildman–Crippen LogP) is 4.19. The summed E-state index contributed by atoms with van der Waals surface area (Å²) in [5.41, 5.74) is 2.44. The van der Waals surface area contributed by atoms with Crippen molar-refractivity contribution in [3.63, 3.8) is 0 Å². The molecule has 134 valence electrons. The number of carbonyl (C=O) groups is 1. The highest BCUT2D eigenvalue weighted by molar-refractivity contribution is 5.77. The smallest absolute Gasteiger partial charge is 0.233 e. The summed E-state index contributed by atoms with van der Waals surface area (Å²) in [7, 11) is 0. The molecule has 0 radical (unpaired) electrons. The van der Waals surface area contributed by atoms with Gasteiger partial charge in [-0.25, -0.2) is 0 Å². The van der Waals surface area contributed by atoms with Crippen LogP contribution in [0, 0.1) is 12.3 Å². The molecular formula is C20H27N3O2. The van der Waals surface area contributed by atoms with Gasteiger partial charge < -0.3 is 9.42 Å². The average molecular weight is 341 g/mol. The molecule has 2 aromatic rings. The highest BCUT2D eigenvalue weighted by Crippen LogP contribution is 2.29. The van der Waals surface area contributed by atoms with Gasteiger partial charge in [0.2, 0.25) is 17.6 Å². The number of hydrogen-bond acceptors (Lipinski definition) is 4. The van der Waals surface area contributed by atoms with Crippen molar-refractivity contribution in [1.82, 2.24) is 15.0 Å².